The molecular weight excluding hydrogens is 288 g/mol. The third-order valence-corrected chi connectivity index (χ3v) is 4.56. The number of thiophene rings is 1. The van der Waals surface area contributed by atoms with Gasteiger partial charge in [-0.1, -0.05) is 6.07 Å². The molecule has 0 radical (unpaired) electrons. The van der Waals surface area contributed by atoms with Crippen LogP contribution >= 0.6 is 11.3 Å². The van der Waals surface area contributed by atoms with Crippen molar-refractivity contribution in [1.82, 2.24) is 9.88 Å². The Balaban J connectivity index is 1.58. The van der Waals surface area contributed by atoms with Gasteiger partial charge in [-0.3, -0.25) is 4.90 Å². The summed E-state index contributed by atoms with van der Waals surface area (Å²) in [5.41, 5.74) is 0.240. The molecule has 2 aromatic heterocycles. The van der Waals surface area contributed by atoms with E-state index in [2.05, 4.69) is 9.88 Å². The molecule has 0 saturated carbocycles. The molecule has 1 N–H and O–H groups in total. The zero-order valence-corrected chi connectivity index (χ0v) is 12.9. The number of hydrogen-bond acceptors (Lipinski definition) is 6. The summed E-state index contributed by atoms with van der Waals surface area (Å²) < 4.78 is 10.8. The van der Waals surface area contributed by atoms with Crippen LogP contribution in [0.5, 0.6) is 0 Å². The van der Waals surface area contributed by atoms with Crippen LogP contribution in [-0.2, 0) is 11.3 Å². The summed E-state index contributed by atoms with van der Waals surface area (Å²) in [6.07, 6.45) is 3.08. The summed E-state index contributed by atoms with van der Waals surface area (Å²) in [6.45, 7) is 2.56. The Morgan fingerprint density at radius 3 is 2.95 bits per heavy atom. The van der Waals surface area contributed by atoms with E-state index in [0.29, 0.717) is 45.0 Å². The van der Waals surface area contributed by atoms with Gasteiger partial charge in [-0.25, -0.2) is 4.98 Å². The van der Waals surface area contributed by atoms with E-state index in [-0.39, 0.29) is 0 Å². The van der Waals surface area contributed by atoms with E-state index in [1.165, 1.54) is 0 Å². The summed E-state index contributed by atoms with van der Waals surface area (Å²) in [4.78, 5) is 7.62. The van der Waals surface area contributed by atoms with Crippen molar-refractivity contribution in [2.75, 3.05) is 26.8 Å². The van der Waals surface area contributed by atoms with Crippen molar-refractivity contribution in [3.8, 4) is 10.8 Å². The minimum atomic E-state index is -0.646. The molecule has 0 amide bonds. The molecule has 6 heteroatoms. The molecule has 2 aromatic rings. The van der Waals surface area contributed by atoms with Gasteiger partial charge in [0.15, 0.2) is 0 Å². The van der Waals surface area contributed by atoms with Gasteiger partial charge >= 0.3 is 0 Å². The Labute approximate surface area is 128 Å². The molecule has 0 aromatic carbocycles. The molecule has 21 heavy (non-hydrogen) atoms. The molecule has 1 aliphatic rings. The van der Waals surface area contributed by atoms with Crippen molar-refractivity contribution in [3.05, 3.63) is 29.5 Å². The fourth-order valence-corrected chi connectivity index (χ4v) is 3.29. The van der Waals surface area contributed by atoms with Crippen molar-refractivity contribution in [3.63, 3.8) is 0 Å². The van der Waals surface area contributed by atoms with Crippen LogP contribution in [0.2, 0.25) is 0 Å². The topological polar surface area (TPSA) is 58.7 Å². The molecule has 1 fully saturated rings. The monoisotopic (exact) mass is 308 g/mol. The zero-order valence-electron chi connectivity index (χ0n) is 12.1. The lowest BCUT2D eigenvalue weighted by molar-refractivity contribution is -0.0778. The predicted molar refractivity (Wildman–Crippen MR) is 81.2 cm³/mol. The smallest absolute Gasteiger partial charge is 0.236 e. The van der Waals surface area contributed by atoms with Gasteiger partial charge in [0.25, 0.3) is 0 Å². The third-order valence-electron chi connectivity index (χ3n) is 3.70. The average molecular weight is 308 g/mol. The second kappa shape index (κ2) is 6.27. The first kappa shape index (κ1) is 14.7. The van der Waals surface area contributed by atoms with Crippen LogP contribution in [0.15, 0.2) is 28.2 Å². The SMILES string of the molecule is CN(Cc1coc(-c2cccs2)n1)CC1(O)CCOCC1. The standard InChI is InChI=1S/C15H20N2O3S/c1-17(11-15(18)4-6-19-7-5-15)9-12-10-20-14(16-12)13-3-2-8-21-13/h2-3,8,10,18H,4-7,9,11H2,1H3. The zero-order chi connectivity index (χ0) is 14.7. The van der Waals surface area contributed by atoms with E-state index in [0.717, 1.165) is 10.6 Å². The fraction of sp³-hybridized carbons (Fsp3) is 0.533. The maximum Gasteiger partial charge on any atom is 0.236 e. The lowest BCUT2D eigenvalue weighted by atomic mass is 9.94. The second-order valence-corrected chi connectivity index (χ2v) is 6.58. The van der Waals surface area contributed by atoms with Crippen LogP contribution in [0.3, 0.4) is 0 Å². The van der Waals surface area contributed by atoms with E-state index in [1.807, 2.05) is 24.6 Å². The Morgan fingerprint density at radius 2 is 2.24 bits per heavy atom. The largest absolute Gasteiger partial charge is 0.444 e. The molecule has 0 atom stereocenters. The van der Waals surface area contributed by atoms with Crippen LogP contribution in [-0.4, -0.2) is 47.4 Å². The summed E-state index contributed by atoms with van der Waals surface area (Å²) in [5, 5.41) is 12.5. The molecule has 0 bridgehead atoms. The number of nitrogens with zero attached hydrogens (tertiary/aromatic N) is 2. The van der Waals surface area contributed by atoms with Crippen LogP contribution < -0.4 is 0 Å². The number of hydrogen-bond donors (Lipinski definition) is 1. The van der Waals surface area contributed by atoms with E-state index >= 15 is 0 Å². The van der Waals surface area contributed by atoms with Crippen LogP contribution in [0.4, 0.5) is 0 Å². The number of aromatic nitrogens is 1. The van der Waals surface area contributed by atoms with Gasteiger partial charge in [0.1, 0.15) is 6.26 Å². The van der Waals surface area contributed by atoms with Gasteiger partial charge in [0.2, 0.25) is 5.89 Å². The van der Waals surface area contributed by atoms with Crippen molar-refractivity contribution < 1.29 is 14.3 Å². The lowest BCUT2D eigenvalue weighted by Gasteiger charge is -2.35. The lowest BCUT2D eigenvalue weighted by Crippen LogP contribution is -2.45. The number of likely N-dealkylation sites (N-methyl/N-ethyl adjacent to an activating group) is 1. The quantitative estimate of drug-likeness (QED) is 0.919. The van der Waals surface area contributed by atoms with Crippen LogP contribution in [0, 0.1) is 0 Å². The number of ether oxygens (including phenoxy) is 1. The number of aliphatic hydroxyl groups is 1. The van der Waals surface area contributed by atoms with Crippen molar-refractivity contribution >= 4 is 11.3 Å². The Morgan fingerprint density at radius 1 is 1.43 bits per heavy atom. The molecular formula is C15H20N2O3S. The predicted octanol–water partition coefficient (Wildman–Crippen LogP) is 2.38. The first-order valence-corrected chi connectivity index (χ1v) is 8.00. The van der Waals surface area contributed by atoms with Crippen molar-refractivity contribution in [2.24, 2.45) is 0 Å². The van der Waals surface area contributed by atoms with Crippen LogP contribution in [0.25, 0.3) is 10.8 Å². The molecule has 1 aliphatic heterocycles. The molecule has 0 spiro atoms. The molecule has 0 unspecified atom stereocenters. The molecule has 1 saturated heterocycles. The summed E-state index contributed by atoms with van der Waals surface area (Å²) in [5.74, 6) is 0.665. The summed E-state index contributed by atoms with van der Waals surface area (Å²) >= 11 is 1.61. The molecule has 0 aliphatic carbocycles. The first-order chi connectivity index (χ1) is 10.1. The van der Waals surface area contributed by atoms with E-state index in [9.17, 15) is 5.11 Å². The van der Waals surface area contributed by atoms with Gasteiger partial charge in [0, 0.05) is 39.1 Å². The number of oxazole rings is 1. The molecule has 114 valence electrons. The Hall–Kier alpha value is -1.21. The van der Waals surface area contributed by atoms with Crippen molar-refractivity contribution in [1.29, 1.82) is 0 Å². The first-order valence-electron chi connectivity index (χ1n) is 7.12. The maximum atomic E-state index is 10.5. The molecule has 3 heterocycles. The highest BCUT2D eigenvalue weighted by Gasteiger charge is 2.31. The highest BCUT2D eigenvalue weighted by atomic mass is 32.1. The summed E-state index contributed by atoms with van der Waals surface area (Å²) in [6, 6.07) is 3.98. The summed E-state index contributed by atoms with van der Waals surface area (Å²) in [7, 11) is 1.99. The minimum absolute atomic E-state index is 0.623. The second-order valence-electron chi connectivity index (χ2n) is 5.63. The number of rotatable bonds is 5. The highest BCUT2D eigenvalue weighted by Crippen LogP contribution is 2.25. The van der Waals surface area contributed by atoms with Gasteiger partial charge in [0.05, 0.1) is 16.2 Å². The van der Waals surface area contributed by atoms with Gasteiger partial charge in [-0.15, -0.1) is 11.3 Å². The van der Waals surface area contributed by atoms with Gasteiger partial charge < -0.3 is 14.3 Å². The Bertz CT molecular complexity index is 561. The highest BCUT2D eigenvalue weighted by molar-refractivity contribution is 7.13. The van der Waals surface area contributed by atoms with E-state index in [1.54, 1.807) is 17.6 Å². The van der Waals surface area contributed by atoms with Crippen LogP contribution in [0.1, 0.15) is 18.5 Å². The van der Waals surface area contributed by atoms with Gasteiger partial charge in [-0.05, 0) is 18.5 Å². The van der Waals surface area contributed by atoms with E-state index < -0.39 is 5.60 Å². The van der Waals surface area contributed by atoms with Crippen molar-refractivity contribution in [2.45, 2.75) is 25.0 Å². The van der Waals surface area contributed by atoms with E-state index in [4.69, 9.17) is 9.15 Å². The molecule has 5 nitrogen and oxygen atoms in total. The average Bonchev–Trinajstić information content (AvgIpc) is 3.08. The maximum absolute atomic E-state index is 10.5. The van der Waals surface area contributed by atoms with Gasteiger partial charge in [-0.2, -0.15) is 0 Å². The third kappa shape index (κ3) is 3.71. The normalized spacial score (nSPS) is 18.2. The Kier molecular flexibility index (Phi) is 4.40. The fourth-order valence-electron chi connectivity index (χ4n) is 2.64. The molecule has 3 rings (SSSR count). The minimum Gasteiger partial charge on any atom is -0.444 e.